The molecule has 0 aromatic heterocycles. The van der Waals surface area contributed by atoms with E-state index >= 15 is 0 Å². The van der Waals surface area contributed by atoms with Gasteiger partial charge >= 0.3 is 0 Å². The summed E-state index contributed by atoms with van der Waals surface area (Å²) in [5, 5.41) is 8.48. The third-order valence-corrected chi connectivity index (χ3v) is 4.54. The van der Waals surface area contributed by atoms with E-state index < -0.39 is 10.0 Å². The molecule has 0 heterocycles. The number of halogens is 1. The highest BCUT2D eigenvalue weighted by molar-refractivity contribution is 7.89. The average molecular weight is 253 g/mol. The Bertz CT molecular complexity index is 311. The molecular weight excluding hydrogens is 236 g/mol. The van der Waals surface area contributed by atoms with Crippen molar-refractivity contribution in [1.29, 1.82) is 5.26 Å². The second-order valence-electron chi connectivity index (χ2n) is 3.44. The van der Waals surface area contributed by atoms with E-state index in [-0.39, 0.29) is 18.2 Å². The molecule has 1 unspecified atom stereocenters. The molecule has 0 amide bonds. The van der Waals surface area contributed by atoms with Crippen LogP contribution in [0, 0.1) is 11.3 Å². The molecule has 88 valence electrons. The molecule has 0 saturated heterocycles. The van der Waals surface area contributed by atoms with E-state index in [1.54, 1.807) is 6.92 Å². The number of alkyl halides is 1. The lowest BCUT2D eigenvalue weighted by Gasteiger charge is -2.22. The Balaban J connectivity index is 4.27. The smallest absolute Gasteiger partial charge is 0.212 e. The van der Waals surface area contributed by atoms with Gasteiger partial charge in [0.25, 0.3) is 0 Å². The van der Waals surface area contributed by atoms with Gasteiger partial charge in [0.05, 0.1) is 18.2 Å². The van der Waals surface area contributed by atoms with Gasteiger partial charge in [-0.15, -0.1) is 11.6 Å². The molecule has 0 N–H and O–H groups in total. The van der Waals surface area contributed by atoms with Crippen molar-refractivity contribution in [2.45, 2.75) is 32.2 Å². The normalized spacial score (nSPS) is 13.8. The fourth-order valence-electron chi connectivity index (χ4n) is 1.06. The standard InChI is InChI=1S/C9H17ClN2O2S/c1-9(5-7-11)12(2)15(13,14)8-4-3-6-10/h9H,3-6,8H2,1-2H3. The molecule has 0 rings (SSSR count). The van der Waals surface area contributed by atoms with Crippen LogP contribution in [0.1, 0.15) is 26.2 Å². The van der Waals surface area contributed by atoms with Gasteiger partial charge in [0, 0.05) is 19.0 Å². The molecular formula is C9H17ClN2O2S. The molecule has 0 spiro atoms. The van der Waals surface area contributed by atoms with Gasteiger partial charge in [-0.2, -0.15) is 5.26 Å². The third kappa shape index (κ3) is 5.36. The summed E-state index contributed by atoms with van der Waals surface area (Å²) >= 11 is 5.47. The number of nitrogens with zero attached hydrogens (tertiary/aromatic N) is 2. The van der Waals surface area contributed by atoms with Gasteiger partial charge in [-0.05, 0) is 19.8 Å². The van der Waals surface area contributed by atoms with E-state index in [1.807, 2.05) is 6.07 Å². The number of nitriles is 1. The van der Waals surface area contributed by atoms with Crippen LogP contribution in [0.2, 0.25) is 0 Å². The lowest BCUT2D eigenvalue weighted by molar-refractivity contribution is 0.392. The van der Waals surface area contributed by atoms with E-state index in [9.17, 15) is 8.42 Å². The zero-order chi connectivity index (χ0) is 11.9. The Labute approximate surface area is 96.9 Å². The highest BCUT2D eigenvalue weighted by atomic mass is 35.5. The quantitative estimate of drug-likeness (QED) is 0.510. The fraction of sp³-hybridized carbons (Fsp3) is 0.889. The van der Waals surface area contributed by atoms with E-state index in [2.05, 4.69) is 0 Å². The van der Waals surface area contributed by atoms with E-state index in [0.717, 1.165) is 0 Å². The van der Waals surface area contributed by atoms with E-state index in [0.29, 0.717) is 18.7 Å². The SMILES string of the molecule is CC(CC#N)N(C)S(=O)(=O)CCCCCl. The molecule has 0 aliphatic heterocycles. The van der Waals surface area contributed by atoms with E-state index in [4.69, 9.17) is 16.9 Å². The summed E-state index contributed by atoms with van der Waals surface area (Å²) < 4.78 is 24.7. The Morgan fingerprint density at radius 3 is 2.53 bits per heavy atom. The van der Waals surface area contributed by atoms with Gasteiger partial charge in [0.1, 0.15) is 0 Å². The van der Waals surface area contributed by atoms with Crippen LogP contribution in [0.5, 0.6) is 0 Å². The van der Waals surface area contributed by atoms with Gasteiger partial charge in [-0.25, -0.2) is 12.7 Å². The maximum absolute atomic E-state index is 11.7. The van der Waals surface area contributed by atoms with Crippen molar-refractivity contribution < 1.29 is 8.42 Å². The monoisotopic (exact) mass is 252 g/mol. The van der Waals surface area contributed by atoms with Crippen molar-refractivity contribution in [2.75, 3.05) is 18.7 Å². The molecule has 15 heavy (non-hydrogen) atoms. The zero-order valence-corrected chi connectivity index (χ0v) is 10.7. The van der Waals surface area contributed by atoms with E-state index in [1.165, 1.54) is 11.4 Å². The van der Waals surface area contributed by atoms with Gasteiger partial charge in [0.15, 0.2) is 0 Å². The number of hydrogen-bond acceptors (Lipinski definition) is 3. The number of hydrogen-bond donors (Lipinski definition) is 0. The summed E-state index contributed by atoms with van der Waals surface area (Å²) in [5.74, 6) is 0.582. The summed E-state index contributed by atoms with van der Waals surface area (Å²) in [6.45, 7) is 1.72. The van der Waals surface area contributed by atoms with Crippen LogP contribution in [-0.2, 0) is 10.0 Å². The molecule has 0 aromatic rings. The van der Waals surface area contributed by atoms with Crippen LogP contribution in [0.15, 0.2) is 0 Å². The summed E-state index contributed by atoms with van der Waals surface area (Å²) in [6, 6.07) is 1.69. The topological polar surface area (TPSA) is 61.2 Å². The van der Waals surface area contributed by atoms with Gasteiger partial charge in [0.2, 0.25) is 10.0 Å². The van der Waals surface area contributed by atoms with Crippen molar-refractivity contribution in [3.63, 3.8) is 0 Å². The van der Waals surface area contributed by atoms with Gasteiger partial charge in [-0.1, -0.05) is 0 Å². The van der Waals surface area contributed by atoms with Crippen molar-refractivity contribution >= 4 is 21.6 Å². The largest absolute Gasteiger partial charge is 0.214 e. The Morgan fingerprint density at radius 1 is 1.47 bits per heavy atom. The minimum absolute atomic E-state index is 0.103. The maximum Gasteiger partial charge on any atom is 0.214 e. The Hall–Kier alpha value is -0.310. The first-order valence-electron chi connectivity index (χ1n) is 4.84. The summed E-state index contributed by atoms with van der Waals surface area (Å²) in [5.41, 5.74) is 0. The lowest BCUT2D eigenvalue weighted by atomic mass is 10.3. The van der Waals surface area contributed by atoms with Crippen LogP contribution >= 0.6 is 11.6 Å². The minimum atomic E-state index is -3.23. The van der Waals surface area contributed by atoms with Crippen molar-refractivity contribution in [3.05, 3.63) is 0 Å². The van der Waals surface area contributed by atoms with Crippen LogP contribution in [0.3, 0.4) is 0 Å². The Kier molecular flexibility index (Phi) is 6.90. The third-order valence-electron chi connectivity index (χ3n) is 2.23. The zero-order valence-electron chi connectivity index (χ0n) is 9.11. The van der Waals surface area contributed by atoms with Gasteiger partial charge in [-0.3, -0.25) is 0 Å². The molecule has 0 aliphatic carbocycles. The number of sulfonamides is 1. The first-order chi connectivity index (χ1) is 6.95. The van der Waals surface area contributed by atoms with Crippen molar-refractivity contribution in [2.24, 2.45) is 0 Å². The first kappa shape index (κ1) is 14.7. The van der Waals surface area contributed by atoms with Gasteiger partial charge < -0.3 is 0 Å². The highest BCUT2D eigenvalue weighted by Crippen LogP contribution is 2.09. The van der Waals surface area contributed by atoms with Crippen LogP contribution in [0.4, 0.5) is 0 Å². The molecule has 6 heteroatoms. The van der Waals surface area contributed by atoms with Crippen LogP contribution in [-0.4, -0.2) is 37.4 Å². The predicted octanol–water partition coefficient (Wildman–Crippen LogP) is 1.57. The van der Waals surface area contributed by atoms with Crippen molar-refractivity contribution in [1.82, 2.24) is 4.31 Å². The second-order valence-corrected chi connectivity index (χ2v) is 5.97. The van der Waals surface area contributed by atoms with Crippen LogP contribution < -0.4 is 0 Å². The van der Waals surface area contributed by atoms with Crippen LogP contribution in [0.25, 0.3) is 0 Å². The summed E-state index contributed by atoms with van der Waals surface area (Å²) in [6.07, 6.45) is 1.47. The fourth-order valence-corrected chi connectivity index (χ4v) is 2.73. The molecule has 0 fully saturated rings. The van der Waals surface area contributed by atoms with Crippen molar-refractivity contribution in [3.8, 4) is 6.07 Å². The molecule has 0 saturated carbocycles. The minimum Gasteiger partial charge on any atom is -0.212 e. The summed E-state index contributed by atoms with van der Waals surface area (Å²) in [4.78, 5) is 0. The number of rotatable bonds is 7. The highest BCUT2D eigenvalue weighted by Gasteiger charge is 2.22. The molecule has 0 aliphatic rings. The predicted molar refractivity (Wildman–Crippen MR) is 61.2 cm³/mol. The Morgan fingerprint density at radius 2 is 2.07 bits per heavy atom. The first-order valence-corrected chi connectivity index (χ1v) is 6.98. The molecule has 4 nitrogen and oxygen atoms in total. The number of unbranched alkanes of at least 4 members (excludes halogenated alkanes) is 1. The average Bonchev–Trinajstić information content (AvgIpc) is 2.17. The molecule has 1 atom stereocenters. The molecule has 0 radical (unpaired) electrons. The second kappa shape index (κ2) is 7.04. The molecule has 0 bridgehead atoms. The molecule has 0 aromatic carbocycles. The summed E-state index contributed by atoms with van der Waals surface area (Å²) in [7, 11) is -1.72. The maximum atomic E-state index is 11.7. The lowest BCUT2D eigenvalue weighted by Crippen LogP contribution is -2.36.